The van der Waals surface area contributed by atoms with Crippen molar-refractivity contribution < 1.29 is 9.90 Å². The van der Waals surface area contributed by atoms with Crippen LogP contribution < -0.4 is 5.32 Å². The molecule has 0 bridgehead atoms. The summed E-state index contributed by atoms with van der Waals surface area (Å²) in [6.45, 7) is 3.54. The van der Waals surface area contributed by atoms with Crippen molar-refractivity contribution in [3.05, 3.63) is 23.5 Å². The van der Waals surface area contributed by atoms with Crippen molar-refractivity contribution in [2.75, 3.05) is 6.61 Å². The molecule has 0 aliphatic heterocycles. The van der Waals surface area contributed by atoms with Crippen LogP contribution in [-0.2, 0) is 0 Å². The zero-order valence-corrected chi connectivity index (χ0v) is 7.79. The first-order valence-corrected chi connectivity index (χ1v) is 4.21. The lowest BCUT2D eigenvalue weighted by Gasteiger charge is -2.09. The maximum atomic E-state index is 11.5. The first-order chi connectivity index (χ1) is 6.15. The molecule has 4 heteroatoms. The van der Waals surface area contributed by atoms with Crippen LogP contribution in [0.1, 0.15) is 23.0 Å². The summed E-state index contributed by atoms with van der Waals surface area (Å²) >= 11 is 0. The highest BCUT2D eigenvalue weighted by Gasteiger charge is 2.11. The van der Waals surface area contributed by atoms with E-state index < -0.39 is 0 Å². The number of H-pyrrole nitrogens is 1. The minimum Gasteiger partial charge on any atom is -0.394 e. The average Bonchev–Trinajstić information content (AvgIpc) is 2.51. The second-order valence-corrected chi connectivity index (χ2v) is 3.07. The number of nitrogens with one attached hydrogen (secondary N) is 2. The van der Waals surface area contributed by atoms with Crippen molar-refractivity contribution in [1.29, 1.82) is 0 Å². The average molecular weight is 182 g/mol. The molecule has 1 aromatic rings. The number of hydrogen-bond donors (Lipinski definition) is 3. The van der Waals surface area contributed by atoms with Gasteiger partial charge in [0.15, 0.2) is 0 Å². The van der Waals surface area contributed by atoms with Crippen LogP contribution in [0.5, 0.6) is 0 Å². The van der Waals surface area contributed by atoms with Gasteiger partial charge in [-0.3, -0.25) is 4.79 Å². The first kappa shape index (κ1) is 9.80. The monoisotopic (exact) mass is 182 g/mol. The van der Waals surface area contributed by atoms with Gasteiger partial charge in [0.1, 0.15) is 0 Å². The van der Waals surface area contributed by atoms with Gasteiger partial charge in [0.05, 0.1) is 12.2 Å². The summed E-state index contributed by atoms with van der Waals surface area (Å²) in [5, 5.41) is 11.4. The molecule has 0 unspecified atom stereocenters. The molecule has 0 saturated heterocycles. The molecule has 72 valence electrons. The van der Waals surface area contributed by atoms with Crippen molar-refractivity contribution in [3.63, 3.8) is 0 Å². The van der Waals surface area contributed by atoms with E-state index in [1.165, 1.54) is 0 Å². The first-order valence-electron chi connectivity index (χ1n) is 4.21. The molecule has 0 spiro atoms. The smallest absolute Gasteiger partial charge is 0.253 e. The third kappa shape index (κ3) is 2.32. The van der Waals surface area contributed by atoms with Crippen LogP contribution >= 0.6 is 0 Å². The van der Waals surface area contributed by atoms with Crippen LogP contribution in [0, 0.1) is 6.92 Å². The predicted octanol–water partition coefficient (Wildman–Crippen LogP) is 0.434. The van der Waals surface area contributed by atoms with Gasteiger partial charge >= 0.3 is 0 Å². The van der Waals surface area contributed by atoms with Gasteiger partial charge in [0, 0.05) is 17.9 Å². The molecule has 0 aliphatic rings. The Morgan fingerprint density at radius 3 is 2.92 bits per heavy atom. The molecule has 4 nitrogen and oxygen atoms in total. The SMILES string of the molecule is Cc1[nH]ccc1C(=O)N[C@@H](C)CO. The molecule has 0 aliphatic carbocycles. The van der Waals surface area contributed by atoms with Crippen molar-refractivity contribution in [1.82, 2.24) is 10.3 Å². The lowest BCUT2D eigenvalue weighted by Crippen LogP contribution is -2.35. The maximum absolute atomic E-state index is 11.5. The predicted molar refractivity (Wildman–Crippen MR) is 49.5 cm³/mol. The molecule has 1 atom stereocenters. The van der Waals surface area contributed by atoms with E-state index in [0.717, 1.165) is 5.69 Å². The van der Waals surface area contributed by atoms with Gasteiger partial charge < -0.3 is 15.4 Å². The molecule has 13 heavy (non-hydrogen) atoms. The van der Waals surface area contributed by atoms with Crippen LogP contribution in [0.3, 0.4) is 0 Å². The largest absolute Gasteiger partial charge is 0.394 e. The normalized spacial score (nSPS) is 12.5. The molecular formula is C9H14N2O2. The van der Waals surface area contributed by atoms with Crippen molar-refractivity contribution >= 4 is 5.91 Å². The number of aryl methyl sites for hydroxylation is 1. The van der Waals surface area contributed by atoms with E-state index in [-0.39, 0.29) is 18.6 Å². The van der Waals surface area contributed by atoms with Crippen LogP contribution in [0.25, 0.3) is 0 Å². The number of hydrogen-bond acceptors (Lipinski definition) is 2. The lowest BCUT2D eigenvalue weighted by atomic mass is 10.2. The third-order valence-corrected chi connectivity index (χ3v) is 1.85. The Hall–Kier alpha value is -1.29. The van der Waals surface area contributed by atoms with Crippen LogP contribution in [0.2, 0.25) is 0 Å². The standard InChI is InChI=1S/C9H14N2O2/c1-6(5-12)11-9(13)8-3-4-10-7(8)2/h3-4,6,10,12H,5H2,1-2H3,(H,11,13)/t6-/m0/s1. The van der Waals surface area contributed by atoms with E-state index in [0.29, 0.717) is 5.56 Å². The number of carbonyl (C=O) groups is 1. The Morgan fingerprint density at radius 2 is 2.46 bits per heavy atom. The minimum absolute atomic E-state index is 0.0464. The molecule has 1 amide bonds. The van der Waals surface area contributed by atoms with E-state index in [2.05, 4.69) is 10.3 Å². The maximum Gasteiger partial charge on any atom is 0.253 e. The minimum atomic E-state index is -0.207. The third-order valence-electron chi connectivity index (χ3n) is 1.85. The van der Waals surface area contributed by atoms with Crippen molar-refractivity contribution in [2.45, 2.75) is 19.9 Å². The fourth-order valence-corrected chi connectivity index (χ4v) is 1.05. The van der Waals surface area contributed by atoms with E-state index in [9.17, 15) is 4.79 Å². The van der Waals surface area contributed by atoms with Crippen LogP contribution in [0.15, 0.2) is 12.3 Å². The summed E-state index contributed by atoms with van der Waals surface area (Å²) in [7, 11) is 0. The van der Waals surface area contributed by atoms with Gasteiger partial charge in [-0.2, -0.15) is 0 Å². The molecule has 1 aromatic heterocycles. The Labute approximate surface area is 77.0 Å². The summed E-state index contributed by atoms with van der Waals surface area (Å²) in [6.07, 6.45) is 1.72. The highest BCUT2D eigenvalue weighted by molar-refractivity contribution is 5.95. The fraction of sp³-hybridized carbons (Fsp3) is 0.444. The quantitative estimate of drug-likeness (QED) is 0.634. The molecular weight excluding hydrogens is 168 g/mol. The van der Waals surface area contributed by atoms with E-state index >= 15 is 0 Å². The Bertz CT molecular complexity index is 294. The number of aromatic nitrogens is 1. The zero-order valence-electron chi connectivity index (χ0n) is 7.79. The number of carbonyl (C=O) groups excluding carboxylic acids is 1. The van der Waals surface area contributed by atoms with Gasteiger partial charge in [-0.25, -0.2) is 0 Å². The fourth-order valence-electron chi connectivity index (χ4n) is 1.05. The summed E-state index contributed by atoms with van der Waals surface area (Å²) in [5.41, 5.74) is 1.46. The second-order valence-electron chi connectivity index (χ2n) is 3.07. The number of aliphatic hydroxyl groups excluding tert-OH is 1. The van der Waals surface area contributed by atoms with Gasteiger partial charge in [-0.15, -0.1) is 0 Å². The number of aliphatic hydroxyl groups is 1. The number of aromatic amines is 1. The van der Waals surface area contributed by atoms with Crippen LogP contribution in [0.4, 0.5) is 0 Å². The molecule has 1 heterocycles. The molecule has 0 radical (unpaired) electrons. The Kier molecular flexibility index (Phi) is 3.08. The molecule has 1 rings (SSSR count). The van der Waals surface area contributed by atoms with E-state index in [1.54, 1.807) is 19.2 Å². The zero-order chi connectivity index (χ0) is 9.84. The highest BCUT2D eigenvalue weighted by Crippen LogP contribution is 2.04. The summed E-state index contributed by atoms with van der Waals surface area (Å²) in [6, 6.07) is 1.51. The van der Waals surface area contributed by atoms with Gasteiger partial charge in [-0.05, 0) is 19.9 Å². The van der Waals surface area contributed by atoms with Gasteiger partial charge in [0.2, 0.25) is 0 Å². The lowest BCUT2D eigenvalue weighted by molar-refractivity contribution is 0.0922. The summed E-state index contributed by atoms with van der Waals surface area (Å²) in [5.74, 6) is -0.152. The summed E-state index contributed by atoms with van der Waals surface area (Å²) in [4.78, 5) is 14.4. The Balaban J connectivity index is 2.64. The van der Waals surface area contributed by atoms with E-state index in [1.807, 2.05) is 6.92 Å². The summed E-state index contributed by atoms with van der Waals surface area (Å²) < 4.78 is 0. The van der Waals surface area contributed by atoms with Gasteiger partial charge in [0.25, 0.3) is 5.91 Å². The van der Waals surface area contributed by atoms with Crippen molar-refractivity contribution in [2.24, 2.45) is 0 Å². The molecule has 3 N–H and O–H groups in total. The molecule has 0 saturated carbocycles. The molecule has 0 fully saturated rings. The van der Waals surface area contributed by atoms with Gasteiger partial charge in [-0.1, -0.05) is 0 Å². The van der Waals surface area contributed by atoms with Crippen LogP contribution in [-0.4, -0.2) is 28.6 Å². The van der Waals surface area contributed by atoms with Crippen molar-refractivity contribution in [3.8, 4) is 0 Å². The topological polar surface area (TPSA) is 65.1 Å². The highest BCUT2D eigenvalue weighted by atomic mass is 16.3. The molecule has 0 aromatic carbocycles. The Morgan fingerprint density at radius 1 is 1.77 bits per heavy atom. The second kappa shape index (κ2) is 4.09. The number of rotatable bonds is 3. The van der Waals surface area contributed by atoms with E-state index in [4.69, 9.17) is 5.11 Å². The number of amides is 1.